The maximum absolute atomic E-state index is 10.5. The van der Waals surface area contributed by atoms with E-state index in [0.29, 0.717) is 0 Å². The molecule has 0 heterocycles. The Bertz CT molecular complexity index is 406. The highest BCUT2D eigenvalue weighted by molar-refractivity contribution is 6.39. The van der Waals surface area contributed by atoms with Crippen LogP contribution in [0.15, 0.2) is 17.3 Å². The molecule has 0 aliphatic heterocycles. The second-order valence-electron chi connectivity index (χ2n) is 2.30. The van der Waals surface area contributed by atoms with E-state index in [0.717, 1.165) is 6.21 Å². The van der Waals surface area contributed by atoms with Crippen molar-refractivity contribution >= 4 is 35.1 Å². The minimum Gasteiger partial charge on any atom is -0.411 e. The largest absolute Gasteiger partial charge is 0.411 e. The molecule has 1 N–H and O–H groups in total. The average Bonchev–Trinajstić information content (AvgIpc) is 2.11. The van der Waals surface area contributed by atoms with Gasteiger partial charge in [-0.25, -0.2) is 0 Å². The second kappa shape index (κ2) is 4.26. The summed E-state index contributed by atoms with van der Waals surface area (Å²) >= 11 is 11.3. The molecule has 0 aliphatic carbocycles. The monoisotopic (exact) mass is 234 g/mol. The number of rotatable bonds is 2. The van der Waals surface area contributed by atoms with Crippen LogP contribution in [-0.4, -0.2) is 16.3 Å². The Kier molecular flexibility index (Phi) is 3.27. The zero-order valence-corrected chi connectivity index (χ0v) is 8.16. The standard InChI is InChI=1S/C7H4Cl2N2O3/c8-5-1-2-6(11(13)14)7(9)4(5)3-10-12/h1-3,12H/b10-3+. The maximum atomic E-state index is 10.5. The van der Waals surface area contributed by atoms with Crippen LogP contribution in [0.1, 0.15) is 5.56 Å². The van der Waals surface area contributed by atoms with Gasteiger partial charge in [-0.05, 0) is 6.07 Å². The SMILES string of the molecule is O=[N+]([O-])c1ccc(Cl)c(/C=N/O)c1Cl. The van der Waals surface area contributed by atoms with Gasteiger partial charge in [-0.3, -0.25) is 10.1 Å². The Hall–Kier alpha value is -1.33. The van der Waals surface area contributed by atoms with Crippen LogP contribution < -0.4 is 0 Å². The molecule has 0 radical (unpaired) electrons. The van der Waals surface area contributed by atoms with E-state index in [4.69, 9.17) is 28.4 Å². The van der Waals surface area contributed by atoms with Crippen LogP contribution in [0.2, 0.25) is 10.0 Å². The molecule has 1 aromatic rings. The smallest absolute Gasteiger partial charge is 0.288 e. The van der Waals surface area contributed by atoms with Crippen molar-refractivity contribution in [3.63, 3.8) is 0 Å². The van der Waals surface area contributed by atoms with Crippen LogP contribution in [0.4, 0.5) is 5.69 Å². The molecule has 0 saturated heterocycles. The highest BCUT2D eigenvalue weighted by atomic mass is 35.5. The van der Waals surface area contributed by atoms with Crippen molar-refractivity contribution in [2.45, 2.75) is 0 Å². The van der Waals surface area contributed by atoms with Gasteiger partial charge in [-0.1, -0.05) is 28.4 Å². The molecule has 0 bridgehead atoms. The van der Waals surface area contributed by atoms with E-state index in [1.54, 1.807) is 0 Å². The molecule has 0 unspecified atom stereocenters. The molecule has 0 atom stereocenters. The Balaban J connectivity index is 3.40. The first-order chi connectivity index (χ1) is 6.57. The fraction of sp³-hybridized carbons (Fsp3) is 0. The van der Waals surface area contributed by atoms with Gasteiger partial charge >= 0.3 is 0 Å². The van der Waals surface area contributed by atoms with Crippen LogP contribution in [-0.2, 0) is 0 Å². The predicted molar refractivity (Wildman–Crippen MR) is 52.5 cm³/mol. The summed E-state index contributed by atoms with van der Waals surface area (Å²) < 4.78 is 0. The Morgan fingerprint density at radius 3 is 2.64 bits per heavy atom. The highest BCUT2D eigenvalue weighted by Gasteiger charge is 2.17. The molecule has 0 amide bonds. The van der Waals surface area contributed by atoms with Crippen molar-refractivity contribution in [1.82, 2.24) is 0 Å². The maximum Gasteiger partial charge on any atom is 0.288 e. The molecule has 14 heavy (non-hydrogen) atoms. The third kappa shape index (κ3) is 1.94. The molecule has 1 rings (SSSR count). The summed E-state index contributed by atoms with van der Waals surface area (Å²) in [6.07, 6.45) is 0.942. The summed E-state index contributed by atoms with van der Waals surface area (Å²) in [5.74, 6) is 0. The lowest BCUT2D eigenvalue weighted by atomic mass is 10.2. The summed E-state index contributed by atoms with van der Waals surface area (Å²) in [5, 5.41) is 21.5. The first-order valence-electron chi connectivity index (χ1n) is 3.37. The van der Waals surface area contributed by atoms with Gasteiger partial charge in [0.1, 0.15) is 5.02 Å². The van der Waals surface area contributed by atoms with E-state index in [1.807, 2.05) is 0 Å². The molecule has 0 aliphatic rings. The number of hydrogen-bond acceptors (Lipinski definition) is 4. The van der Waals surface area contributed by atoms with Crippen LogP contribution in [0.25, 0.3) is 0 Å². The van der Waals surface area contributed by atoms with Crippen molar-refractivity contribution in [3.8, 4) is 0 Å². The van der Waals surface area contributed by atoms with E-state index >= 15 is 0 Å². The zero-order chi connectivity index (χ0) is 10.7. The molecule has 1 aromatic carbocycles. The molecule has 7 heteroatoms. The van der Waals surface area contributed by atoms with Gasteiger partial charge in [0.05, 0.1) is 16.2 Å². The Labute approximate surface area is 88.7 Å². The summed E-state index contributed by atoms with van der Waals surface area (Å²) in [4.78, 5) is 9.82. The summed E-state index contributed by atoms with van der Waals surface area (Å²) in [7, 11) is 0. The molecule has 0 aromatic heterocycles. The first-order valence-corrected chi connectivity index (χ1v) is 4.13. The van der Waals surface area contributed by atoms with Crippen molar-refractivity contribution < 1.29 is 10.1 Å². The van der Waals surface area contributed by atoms with Crippen LogP contribution in [0.5, 0.6) is 0 Å². The fourth-order valence-electron chi connectivity index (χ4n) is 0.875. The third-order valence-corrected chi connectivity index (χ3v) is 2.22. The minimum absolute atomic E-state index is 0.116. The minimum atomic E-state index is -0.645. The van der Waals surface area contributed by atoms with Gasteiger partial charge in [0, 0.05) is 11.6 Å². The summed E-state index contributed by atoms with van der Waals surface area (Å²) in [6, 6.07) is 2.49. The number of nitrogens with zero attached hydrogens (tertiary/aromatic N) is 2. The van der Waals surface area contributed by atoms with Crippen molar-refractivity contribution in [2.75, 3.05) is 0 Å². The van der Waals surface area contributed by atoms with Crippen molar-refractivity contribution in [2.24, 2.45) is 5.16 Å². The lowest BCUT2D eigenvalue weighted by molar-refractivity contribution is -0.384. The number of hydrogen-bond donors (Lipinski definition) is 1. The third-order valence-electron chi connectivity index (χ3n) is 1.49. The van der Waals surface area contributed by atoms with E-state index in [-0.39, 0.29) is 21.3 Å². The molecule has 0 saturated carbocycles. The number of halogens is 2. The lowest BCUT2D eigenvalue weighted by Gasteiger charge is -2.00. The van der Waals surface area contributed by atoms with Gasteiger partial charge in [-0.15, -0.1) is 0 Å². The molecule has 5 nitrogen and oxygen atoms in total. The van der Waals surface area contributed by atoms with Gasteiger partial charge in [0.25, 0.3) is 5.69 Å². The number of nitro benzene ring substituents is 1. The quantitative estimate of drug-likeness (QED) is 0.370. The molecular formula is C7H4Cl2N2O3. The van der Waals surface area contributed by atoms with Crippen molar-refractivity contribution in [1.29, 1.82) is 0 Å². The zero-order valence-electron chi connectivity index (χ0n) is 6.65. The highest BCUT2D eigenvalue weighted by Crippen LogP contribution is 2.31. The number of benzene rings is 1. The van der Waals surface area contributed by atoms with Crippen LogP contribution in [0.3, 0.4) is 0 Å². The molecule has 0 fully saturated rings. The lowest BCUT2D eigenvalue weighted by Crippen LogP contribution is -1.93. The van der Waals surface area contributed by atoms with Gasteiger partial charge in [0.15, 0.2) is 0 Å². The van der Waals surface area contributed by atoms with E-state index in [1.165, 1.54) is 12.1 Å². The fourth-order valence-corrected chi connectivity index (χ4v) is 1.41. The average molecular weight is 235 g/mol. The molecular weight excluding hydrogens is 231 g/mol. The number of oxime groups is 1. The first kappa shape index (κ1) is 10.7. The van der Waals surface area contributed by atoms with Gasteiger partial charge in [-0.2, -0.15) is 0 Å². The van der Waals surface area contributed by atoms with Crippen LogP contribution in [0, 0.1) is 10.1 Å². The summed E-state index contributed by atoms with van der Waals surface area (Å²) in [6.45, 7) is 0. The normalized spacial score (nSPS) is 10.7. The predicted octanol–water partition coefficient (Wildman–Crippen LogP) is 2.71. The van der Waals surface area contributed by atoms with E-state index in [2.05, 4.69) is 5.16 Å². The molecule has 74 valence electrons. The van der Waals surface area contributed by atoms with Gasteiger partial charge in [0.2, 0.25) is 0 Å². The van der Waals surface area contributed by atoms with Crippen LogP contribution >= 0.6 is 23.2 Å². The summed E-state index contributed by atoms with van der Waals surface area (Å²) in [5.41, 5.74) is -0.170. The van der Waals surface area contributed by atoms with E-state index < -0.39 is 4.92 Å². The second-order valence-corrected chi connectivity index (χ2v) is 3.08. The number of nitro groups is 1. The van der Waals surface area contributed by atoms with Gasteiger partial charge < -0.3 is 5.21 Å². The van der Waals surface area contributed by atoms with E-state index in [9.17, 15) is 10.1 Å². The Morgan fingerprint density at radius 1 is 1.50 bits per heavy atom. The topological polar surface area (TPSA) is 75.7 Å². The Morgan fingerprint density at radius 2 is 2.14 bits per heavy atom. The molecule has 0 spiro atoms. The van der Waals surface area contributed by atoms with Crippen molar-refractivity contribution in [3.05, 3.63) is 37.9 Å².